The van der Waals surface area contributed by atoms with Gasteiger partial charge < -0.3 is 14.8 Å². The second-order valence-corrected chi connectivity index (χ2v) is 5.19. The molecule has 1 amide bonds. The largest absolute Gasteiger partial charge is 0.497 e. The fourth-order valence-electron chi connectivity index (χ4n) is 2.30. The molecule has 0 aliphatic heterocycles. The second-order valence-electron chi connectivity index (χ2n) is 5.19. The minimum Gasteiger partial charge on any atom is -0.497 e. The van der Waals surface area contributed by atoms with Crippen molar-refractivity contribution in [2.75, 3.05) is 19.5 Å². The van der Waals surface area contributed by atoms with Gasteiger partial charge in [0.15, 0.2) is 0 Å². The molecule has 3 aromatic rings. The number of nitrogens with one attached hydrogen (secondary N) is 2. The van der Waals surface area contributed by atoms with Crippen LogP contribution in [0.25, 0.3) is 11.3 Å². The number of nitrogens with zero attached hydrogens (tertiary/aromatic N) is 1. The van der Waals surface area contributed by atoms with E-state index in [1.54, 1.807) is 43.5 Å². The van der Waals surface area contributed by atoms with Crippen molar-refractivity contribution in [2.24, 2.45) is 0 Å². The monoisotopic (exact) mass is 341 g/mol. The fraction of sp³-hybridized carbons (Fsp3) is 0.111. The Bertz CT molecular complexity index is 891. The van der Waals surface area contributed by atoms with Crippen molar-refractivity contribution < 1.29 is 18.7 Å². The van der Waals surface area contributed by atoms with Crippen LogP contribution in [0.15, 0.2) is 48.5 Å². The molecule has 2 aromatic carbocycles. The molecular weight excluding hydrogens is 325 g/mol. The average Bonchev–Trinajstić information content (AvgIpc) is 3.13. The van der Waals surface area contributed by atoms with E-state index in [1.807, 2.05) is 0 Å². The number of aromatic amines is 1. The van der Waals surface area contributed by atoms with Crippen LogP contribution < -0.4 is 14.8 Å². The highest BCUT2D eigenvalue weighted by molar-refractivity contribution is 6.04. The summed E-state index contributed by atoms with van der Waals surface area (Å²) in [7, 11) is 3.06. The van der Waals surface area contributed by atoms with Crippen LogP contribution in [0, 0.1) is 5.82 Å². The first-order valence-electron chi connectivity index (χ1n) is 7.45. The summed E-state index contributed by atoms with van der Waals surface area (Å²) in [6.07, 6.45) is 0. The Morgan fingerprint density at radius 2 is 1.84 bits per heavy atom. The quantitative estimate of drug-likeness (QED) is 0.745. The SMILES string of the molecule is COc1ccc(NC(=O)c2cc(-c3ccc(F)cc3)n[nH]2)c(OC)c1. The van der Waals surface area contributed by atoms with Crippen molar-refractivity contribution in [2.45, 2.75) is 0 Å². The summed E-state index contributed by atoms with van der Waals surface area (Å²) in [5.74, 6) is 0.397. The van der Waals surface area contributed by atoms with Crippen LogP contribution >= 0.6 is 0 Å². The molecule has 7 heteroatoms. The summed E-state index contributed by atoms with van der Waals surface area (Å²) in [6.45, 7) is 0. The molecule has 1 heterocycles. The molecule has 0 spiro atoms. The van der Waals surface area contributed by atoms with Crippen molar-refractivity contribution in [3.8, 4) is 22.8 Å². The van der Waals surface area contributed by atoms with E-state index in [0.29, 0.717) is 28.4 Å². The maximum absolute atomic E-state index is 13.0. The number of hydrogen-bond donors (Lipinski definition) is 2. The third kappa shape index (κ3) is 3.60. The molecule has 0 radical (unpaired) electrons. The summed E-state index contributed by atoms with van der Waals surface area (Å²) in [6, 6.07) is 12.5. The van der Waals surface area contributed by atoms with E-state index in [9.17, 15) is 9.18 Å². The molecule has 6 nitrogen and oxygen atoms in total. The van der Waals surface area contributed by atoms with E-state index >= 15 is 0 Å². The minimum absolute atomic E-state index is 0.275. The van der Waals surface area contributed by atoms with Crippen LogP contribution in [0.4, 0.5) is 10.1 Å². The predicted octanol–water partition coefficient (Wildman–Crippen LogP) is 3.49. The molecular formula is C18H16FN3O3. The molecule has 0 aliphatic carbocycles. The van der Waals surface area contributed by atoms with Crippen LogP contribution in [0.5, 0.6) is 11.5 Å². The Morgan fingerprint density at radius 3 is 2.52 bits per heavy atom. The van der Waals surface area contributed by atoms with E-state index in [1.165, 1.54) is 19.2 Å². The normalized spacial score (nSPS) is 10.4. The van der Waals surface area contributed by atoms with Gasteiger partial charge >= 0.3 is 0 Å². The summed E-state index contributed by atoms with van der Waals surface area (Å²) < 4.78 is 23.4. The van der Waals surface area contributed by atoms with Gasteiger partial charge in [-0.3, -0.25) is 9.89 Å². The Balaban J connectivity index is 1.79. The second kappa shape index (κ2) is 7.04. The minimum atomic E-state index is -0.371. The number of ether oxygens (including phenoxy) is 2. The third-order valence-corrected chi connectivity index (χ3v) is 3.62. The summed E-state index contributed by atoms with van der Waals surface area (Å²) in [4.78, 5) is 12.4. The first-order valence-corrected chi connectivity index (χ1v) is 7.45. The Labute approximate surface area is 143 Å². The lowest BCUT2D eigenvalue weighted by Gasteiger charge is -2.10. The molecule has 0 fully saturated rings. The van der Waals surface area contributed by atoms with Gasteiger partial charge in [-0.1, -0.05) is 0 Å². The number of H-pyrrole nitrogens is 1. The number of halogens is 1. The summed E-state index contributed by atoms with van der Waals surface area (Å²) in [5.41, 5.74) is 2.04. The molecule has 0 atom stereocenters. The molecule has 0 saturated carbocycles. The summed E-state index contributed by atoms with van der Waals surface area (Å²) >= 11 is 0. The zero-order chi connectivity index (χ0) is 17.8. The molecule has 3 rings (SSSR count). The molecule has 0 aliphatic rings. The van der Waals surface area contributed by atoms with Gasteiger partial charge in [-0.05, 0) is 42.5 Å². The summed E-state index contributed by atoms with van der Waals surface area (Å²) in [5, 5.41) is 9.52. The van der Waals surface area contributed by atoms with Gasteiger partial charge in [0.1, 0.15) is 23.0 Å². The first-order chi connectivity index (χ1) is 12.1. The van der Waals surface area contributed by atoms with Gasteiger partial charge in [0.25, 0.3) is 5.91 Å². The lowest BCUT2D eigenvalue weighted by Crippen LogP contribution is -2.13. The highest BCUT2D eigenvalue weighted by Gasteiger charge is 2.14. The fourth-order valence-corrected chi connectivity index (χ4v) is 2.30. The zero-order valence-electron chi connectivity index (χ0n) is 13.7. The number of aromatic nitrogens is 2. The highest BCUT2D eigenvalue weighted by atomic mass is 19.1. The molecule has 0 saturated heterocycles. The Kier molecular flexibility index (Phi) is 4.65. The van der Waals surface area contributed by atoms with Gasteiger partial charge in [-0.2, -0.15) is 5.10 Å². The number of amides is 1. The predicted molar refractivity (Wildman–Crippen MR) is 91.5 cm³/mol. The molecule has 1 aromatic heterocycles. The topological polar surface area (TPSA) is 76.2 Å². The number of carbonyl (C=O) groups is 1. The lowest BCUT2D eigenvalue weighted by molar-refractivity contribution is 0.102. The maximum atomic E-state index is 13.0. The van der Waals surface area contributed by atoms with Crippen LogP contribution in [0.3, 0.4) is 0 Å². The van der Waals surface area contributed by atoms with E-state index < -0.39 is 0 Å². The van der Waals surface area contributed by atoms with Crippen molar-refractivity contribution in [3.63, 3.8) is 0 Å². The number of carbonyl (C=O) groups excluding carboxylic acids is 1. The first kappa shape index (κ1) is 16.5. The van der Waals surface area contributed by atoms with Crippen molar-refractivity contribution >= 4 is 11.6 Å². The van der Waals surface area contributed by atoms with Gasteiger partial charge in [0, 0.05) is 11.6 Å². The zero-order valence-corrected chi connectivity index (χ0v) is 13.7. The number of methoxy groups -OCH3 is 2. The van der Waals surface area contributed by atoms with Crippen molar-refractivity contribution in [1.82, 2.24) is 10.2 Å². The van der Waals surface area contributed by atoms with Crippen molar-refractivity contribution in [3.05, 3.63) is 60.0 Å². The lowest BCUT2D eigenvalue weighted by atomic mass is 10.1. The Hall–Kier alpha value is -3.35. The smallest absolute Gasteiger partial charge is 0.273 e. The third-order valence-electron chi connectivity index (χ3n) is 3.62. The van der Waals surface area contributed by atoms with Gasteiger partial charge in [0.2, 0.25) is 0 Å². The van der Waals surface area contributed by atoms with Gasteiger partial charge in [-0.15, -0.1) is 0 Å². The Morgan fingerprint density at radius 1 is 1.08 bits per heavy atom. The average molecular weight is 341 g/mol. The number of rotatable bonds is 5. The number of hydrogen-bond acceptors (Lipinski definition) is 4. The molecule has 2 N–H and O–H groups in total. The number of benzene rings is 2. The standard InChI is InChI=1S/C18H16FN3O3/c1-24-13-7-8-14(17(9-13)25-2)20-18(23)16-10-15(21-22-16)11-3-5-12(19)6-4-11/h3-10H,1-2H3,(H,20,23)(H,21,22). The van der Waals surface area contributed by atoms with Crippen LogP contribution in [-0.2, 0) is 0 Å². The van der Waals surface area contributed by atoms with E-state index in [2.05, 4.69) is 15.5 Å². The van der Waals surface area contributed by atoms with Gasteiger partial charge in [-0.25, -0.2) is 4.39 Å². The van der Waals surface area contributed by atoms with Crippen molar-refractivity contribution in [1.29, 1.82) is 0 Å². The molecule has 128 valence electrons. The molecule has 0 unspecified atom stereocenters. The maximum Gasteiger partial charge on any atom is 0.273 e. The van der Waals surface area contributed by atoms with E-state index in [0.717, 1.165) is 0 Å². The highest BCUT2D eigenvalue weighted by Crippen LogP contribution is 2.29. The van der Waals surface area contributed by atoms with Crippen LogP contribution in [0.1, 0.15) is 10.5 Å². The van der Waals surface area contributed by atoms with E-state index in [-0.39, 0.29) is 17.4 Å². The van der Waals surface area contributed by atoms with Crippen LogP contribution in [-0.4, -0.2) is 30.3 Å². The molecule has 25 heavy (non-hydrogen) atoms. The number of anilines is 1. The van der Waals surface area contributed by atoms with Crippen LogP contribution in [0.2, 0.25) is 0 Å². The van der Waals surface area contributed by atoms with Gasteiger partial charge in [0.05, 0.1) is 25.6 Å². The van der Waals surface area contributed by atoms with E-state index in [4.69, 9.17) is 9.47 Å². The molecule has 0 bridgehead atoms.